The Bertz CT molecular complexity index is 1040. The highest BCUT2D eigenvalue weighted by atomic mass is 16.5. The van der Waals surface area contributed by atoms with Crippen molar-refractivity contribution in [1.29, 1.82) is 0 Å². The summed E-state index contributed by atoms with van der Waals surface area (Å²) in [6.45, 7) is 15.1. The Kier molecular flexibility index (Phi) is 9.07. The molecule has 4 atom stereocenters. The fourth-order valence-corrected chi connectivity index (χ4v) is 5.54. The second kappa shape index (κ2) is 11.6. The number of fused-ring (bicyclic) bond motifs is 1. The predicted molar refractivity (Wildman–Crippen MR) is 147 cm³/mol. The number of likely N-dealkylation sites (tertiary alicyclic amines) is 2. The van der Waals surface area contributed by atoms with E-state index in [0.717, 1.165) is 0 Å². The number of methoxy groups -OCH3 is 1. The summed E-state index contributed by atoms with van der Waals surface area (Å²) in [5.74, 6) is -0.436. The zero-order valence-electron chi connectivity index (χ0n) is 24.3. The molecule has 2 saturated heterocycles. The van der Waals surface area contributed by atoms with Gasteiger partial charge in [0.05, 0.1) is 12.6 Å². The number of nitrogens with zero attached hydrogens (tertiary/aromatic N) is 2. The van der Waals surface area contributed by atoms with Crippen LogP contribution < -0.4 is 5.32 Å². The second-order valence-electron chi connectivity index (χ2n) is 13.0. The molecule has 0 radical (unpaired) electrons. The van der Waals surface area contributed by atoms with Gasteiger partial charge >= 0.3 is 0 Å². The largest absolute Gasteiger partial charge is 0.371 e. The van der Waals surface area contributed by atoms with E-state index in [2.05, 4.69) is 26.1 Å². The maximum atomic E-state index is 13.2. The van der Waals surface area contributed by atoms with Crippen LogP contribution >= 0.6 is 0 Å². The molecule has 2 heterocycles. The first-order chi connectivity index (χ1) is 17.6. The second-order valence-corrected chi connectivity index (χ2v) is 13.0. The van der Waals surface area contributed by atoms with Crippen molar-refractivity contribution in [2.45, 2.75) is 91.3 Å². The topological polar surface area (TPSA) is 96.0 Å². The fraction of sp³-hybridized carbons (Fsp3) is 0.667. The molecular weight excluding hydrogens is 482 g/mol. The molecule has 1 aromatic rings. The summed E-state index contributed by atoms with van der Waals surface area (Å²) in [4.78, 5) is 55.1. The Morgan fingerprint density at radius 1 is 1.05 bits per heavy atom. The van der Waals surface area contributed by atoms with Gasteiger partial charge in [0.25, 0.3) is 11.8 Å². The molecule has 8 heteroatoms. The average Bonchev–Trinajstić information content (AvgIpc) is 3.39. The molecule has 8 nitrogen and oxygen atoms in total. The Labute approximate surface area is 227 Å². The molecule has 2 fully saturated rings. The maximum absolute atomic E-state index is 13.2. The molecule has 38 heavy (non-hydrogen) atoms. The third-order valence-corrected chi connectivity index (χ3v) is 7.73. The number of Topliss-reactive ketones (excluding diaryl/α,β-unsaturated/α-hetero) is 1. The normalized spacial score (nSPS) is 21.3. The standard InChI is InChI=1S/C30H45N3O5/c1-19(13-15-31-27(36)20-9-11-21(12-10-20)29(2,3)4)17-24(35)32-16-14-22-25(32)23(34)18-33(22)28(37)26(38-8)30(5,6)7/h9-12,19,22,25-26H,13-18H2,1-8H3,(H,31,36). The van der Waals surface area contributed by atoms with Crippen molar-refractivity contribution in [2.75, 3.05) is 26.7 Å². The zero-order chi connectivity index (χ0) is 28.4. The van der Waals surface area contributed by atoms with Gasteiger partial charge < -0.3 is 19.9 Å². The third kappa shape index (κ3) is 6.63. The minimum Gasteiger partial charge on any atom is -0.371 e. The molecule has 3 amide bonds. The van der Waals surface area contributed by atoms with Gasteiger partial charge in [0, 0.05) is 32.2 Å². The number of hydrogen-bond donors (Lipinski definition) is 1. The molecule has 0 aromatic heterocycles. The van der Waals surface area contributed by atoms with E-state index >= 15 is 0 Å². The van der Waals surface area contributed by atoms with Crippen LogP contribution in [0.15, 0.2) is 24.3 Å². The molecule has 3 rings (SSSR count). The van der Waals surface area contributed by atoms with Gasteiger partial charge in [0.15, 0.2) is 5.78 Å². The van der Waals surface area contributed by atoms with Crippen LogP contribution in [-0.2, 0) is 24.5 Å². The van der Waals surface area contributed by atoms with Gasteiger partial charge in [-0.05, 0) is 47.3 Å². The van der Waals surface area contributed by atoms with Crippen molar-refractivity contribution < 1.29 is 23.9 Å². The summed E-state index contributed by atoms with van der Waals surface area (Å²) in [7, 11) is 1.51. The Morgan fingerprint density at radius 3 is 2.24 bits per heavy atom. The van der Waals surface area contributed by atoms with Gasteiger partial charge in [-0.3, -0.25) is 19.2 Å². The Morgan fingerprint density at radius 2 is 1.68 bits per heavy atom. The number of amides is 3. The lowest BCUT2D eigenvalue weighted by molar-refractivity contribution is -0.150. The maximum Gasteiger partial charge on any atom is 0.252 e. The van der Waals surface area contributed by atoms with Crippen molar-refractivity contribution in [3.63, 3.8) is 0 Å². The molecule has 0 aliphatic carbocycles. The zero-order valence-corrected chi connectivity index (χ0v) is 24.3. The summed E-state index contributed by atoms with van der Waals surface area (Å²) in [5.41, 5.74) is 1.42. The molecule has 1 aromatic carbocycles. The summed E-state index contributed by atoms with van der Waals surface area (Å²) >= 11 is 0. The van der Waals surface area contributed by atoms with Crippen LogP contribution in [0.5, 0.6) is 0 Å². The first-order valence-electron chi connectivity index (χ1n) is 13.7. The van der Waals surface area contributed by atoms with Crippen molar-refractivity contribution >= 4 is 23.5 Å². The minimum atomic E-state index is -0.648. The monoisotopic (exact) mass is 527 g/mol. The number of ketones is 1. The number of ether oxygens (including phenoxy) is 1. The third-order valence-electron chi connectivity index (χ3n) is 7.73. The van der Waals surface area contributed by atoms with Crippen molar-refractivity contribution in [3.05, 3.63) is 35.4 Å². The number of hydrogen-bond acceptors (Lipinski definition) is 5. The van der Waals surface area contributed by atoms with Gasteiger partial charge in [-0.25, -0.2) is 0 Å². The predicted octanol–water partition coefficient (Wildman–Crippen LogP) is 3.57. The quantitative estimate of drug-likeness (QED) is 0.558. The summed E-state index contributed by atoms with van der Waals surface area (Å²) in [5, 5.41) is 2.95. The lowest BCUT2D eigenvalue weighted by Gasteiger charge is -2.33. The van der Waals surface area contributed by atoms with Crippen LogP contribution in [0.25, 0.3) is 0 Å². The molecule has 1 N–H and O–H groups in total. The summed E-state index contributed by atoms with van der Waals surface area (Å²) in [6.07, 6.45) is 0.889. The van der Waals surface area contributed by atoms with Crippen LogP contribution in [-0.4, -0.2) is 78.2 Å². The SMILES string of the molecule is COC(C(=O)N1CC(=O)C2C1CCN2C(=O)CC(C)CCNC(=O)c1ccc(C(C)(C)C)cc1)C(C)(C)C. The number of nitrogens with one attached hydrogen (secondary N) is 1. The van der Waals surface area contributed by atoms with Gasteiger partial charge in [-0.1, -0.05) is 60.6 Å². The fourth-order valence-electron chi connectivity index (χ4n) is 5.54. The van der Waals surface area contributed by atoms with E-state index in [0.29, 0.717) is 37.9 Å². The first kappa shape index (κ1) is 29.8. The molecule has 0 spiro atoms. The number of carbonyl (C=O) groups is 4. The van der Waals surface area contributed by atoms with E-state index in [1.807, 2.05) is 52.0 Å². The molecule has 2 aliphatic heterocycles. The van der Waals surface area contributed by atoms with Crippen LogP contribution in [0.4, 0.5) is 0 Å². The molecule has 0 saturated carbocycles. The highest BCUT2D eigenvalue weighted by molar-refractivity contribution is 5.98. The van der Waals surface area contributed by atoms with Crippen molar-refractivity contribution in [2.24, 2.45) is 11.3 Å². The van der Waals surface area contributed by atoms with Gasteiger partial charge in [-0.2, -0.15) is 0 Å². The Hall–Kier alpha value is -2.74. The van der Waals surface area contributed by atoms with E-state index < -0.39 is 17.6 Å². The minimum absolute atomic E-state index is 0.0200. The highest BCUT2D eigenvalue weighted by Crippen LogP contribution is 2.33. The van der Waals surface area contributed by atoms with E-state index in [4.69, 9.17) is 4.74 Å². The molecule has 2 aliphatic rings. The molecule has 0 bridgehead atoms. The Balaban J connectivity index is 1.51. The van der Waals surface area contributed by atoms with E-state index in [-0.39, 0.29) is 47.4 Å². The molecule has 4 unspecified atom stereocenters. The van der Waals surface area contributed by atoms with Crippen LogP contribution in [0.3, 0.4) is 0 Å². The smallest absolute Gasteiger partial charge is 0.252 e. The summed E-state index contributed by atoms with van der Waals surface area (Å²) in [6, 6.07) is 6.78. The van der Waals surface area contributed by atoms with E-state index in [9.17, 15) is 19.2 Å². The average molecular weight is 528 g/mol. The first-order valence-corrected chi connectivity index (χ1v) is 13.7. The molecule has 210 valence electrons. The lowest BCUT2D eigenvalue weighted by Crippen LogP contribution is -2.49. The van der Waals surface area contributed by atoms with Crippen LogP contribution in [0, 0.1) is 11.3 Å². The lowest BCUT2D eigenvalue weighted by atomic mass is 9.87. The van der Waals surface area contributed by atoms with Crippen LogP contribution in [0.2, 0.25) is 0 Å². The van der Waals surface area contributed by atoms with Crippen molar-refractivity contribution in [3.8, 4) is 0 Å². The molecular formula is C30H45N3O5. The van der Waals surface area contributed by atoms with E-state index in [1.54, 1.807) is 9.80 Å². The number of benzene rings is 1. The van der Waals surface area contributed by atoms with Gasteiger partial charge in [0.2, 0.25) is 5.91 Å². The van der Waals surface area contributed by atoms with Crippen molar-refractivity contribution in [1.82, 2.24) is 15.1 Å². The number of rotatable bonds is 8. The van der Waals surface area contributed by atoms with Gasteiger partial charge in [-0.15, -0.1) is 0 Å². The number of carbonyl (C=O) groups excluding carboxylic acids is 4. The van der Waals surface area contributed by atoms with Crippen LogP contribution in [0.1, 0.15) is 83.7 Å². The highest BCUT2D eigenvalue weighted by Gasteiger charge is 2.53. The summed E-state index contributed by atoms with van der Waals surface area (Å²) < 4.78 is 5.49. The van der Waals surface area contributed by atoms with E-state index in [1.165, 1.54) is 12.7 Å². The van der Waals surface area contributed by atoms with Gasteiger partial charge in [0.1, 0.15) is 12.1 Å².